The molecule has 0 N–H and O–H groups in total. The molecule has 7 aromatic heterocycles. The Bertz CT molecular complexity index is 6620. The molecule has 0 unspecified atom stereocenters. The summed E-state index contributed by atoms with van der Waals surface area (Å²) in [6.07, 6.45) is 21.2. The smallest absolute Gasteiger partial charge is 0.744 e. The van der Waals surface area contributed by atoms with Gasteiger partial charge < -0.3 is 38.0 Å². The Morgan fingerprint density at radius 2 is 0.556 bits per heavy atom. The maximum atomic E-state index is 10.4. The van der Waals surface area contributed by atoms with Crippen LogP contribution in [0.2, 0.25) is 0 Å². The molecule has 27 heteroatoms. The first-order valence-electron chi connectivity index (χ1n) is 35.9. The second kappa shape index (κ2) is 35.8. The molecule has 22 nitrogen and oxygen atoms in total. The molecule has 17 rings (SSSR count). The van der Waals surface area contributed by atoms with Gasteiger partial charge in [-0.3, -0.25) is 0 Å². The number of aryl methyl sites for hydroxylation is 7. The van der Waals surface area contributed by atoms with Gasteiger partial charge in [-0.25, -0.2) is 62.3 Å². The first kappa shape index (κ1) is 85.5. The summed E-state index contributed by atoms with van der Waals surface area (Å²) in [6.45, 7) is 8.25. The molecule has 0 aliphatic carbocycles. The largest absolute Gasteiger partial charge is 3.00 e. The third-order valence-corrected chi connectivity index (χ3v) is 22.2. The average Bonchev–Trinajstić information content (AvgIpc) is 1.56. The molecule has 9 aromatic carbocycles. The van der Waals surface area contributed by atoms with E-state index in [0.29, 0.717) is 0 Å². The summed E-state index contributed by atoms with van der Waals surface area (Å²) in [5.41, 5.74) is 17.5. The fourth-order valence-electron chi connectivity index (χ4n) is 13.1. The molecule has 1 aliphatic rings. The molecule has 0 atom stereocenters. The number of aromatic nitrogens is 7. The number of allylic oxidation sites excluding steroid dienone is 2. The van der Waals surface area contributed by atoms with Crippen LogP contribution in [0.15, 0.2) is 312 Å². The Balaban J connectivity index is 0.000000220. The number of carboxylic acids is 1. The van der Waals surface area contributed by atoms with Crippen LogP contribution in [-0.4, -0.2) is 84.8 Å². The minimum Gasteiger partial charge on any atom is -0.744 e. The Morgan fingerprint density at radius 3 is 0.803 bits per heavy atom. The Kier molecular flexibility index (Phi) is 26.2. The van der Waals surface area contributed by atoms with Gasteiger partial charge in [-0.05, 0) is 139 Å². The SMILES string of the molecule is CC(=O)[O-].CN1C=CC(=c2c3nc(c(-c4cc[n+](C)cc4)c4nc(c(-c5cc[n+](C)cc5)c5[n-]c(c(-c6cc[n+](C)cc6)c6nc2c2ccccc62)c2ccccc52)c2ccccc42)c2ccccc32)C=C1.Cc1ccc(S(=O)(=O)[O-])cc1.Cc1ccc(S(=O)(=O)[O-])cc1.Cc1ccc(S(=O)(=O)[O-])cc1.Cc1ccc(S(=O)(=O)[O-])cc1.[Fe+3]. The monoisotopic (exact) mass is 1680 g/mol. The second-order valence-corrected chi connectivity index (χ2v) is 33.0. The molecular weight excluding hydrogens is 1600 g/mol. The van der Waals surface area contributed by atoms with Gasteiger partial charge in [-0.2, -0.15) is 0 Å². The summed E-state index contributed by atoms with van der Waals surface area (Å²) in [4.78, 5) is 33.8. The predicted molar refractivity (Wildman–Crippen MR) is 443 cm³/mol. The number of rotatable bonds is 7. The molecule has 8 bridgehead atoms. The minimum absolute atomic E-state index is 0. The van der Waals surface area contributed by atoms with E-state index in [1.807, 2.05) is 27.7 Å². The quantitative estimate of drug-likeness (QED) is 0.0812. The summed E-state index contributed by atoms with van der Waals surface area (Å²) < 4.78 is 131. The molecule has 0 fully saturated rings. The zero-order valence-corrected chi connectivity index (χ0v) is 68.9. The standard InChI is InChI=1S/C60H44N8.4C7H8O3S.C2H4O2.Fe/c1-65-29-21-37(22-30-65)49-53-41-13-5-7-15-43(41)55(61-53)50(38-23-31-66(2)32-24-38)57-45-17-9-11-19-47(45)59(63-57)52(40-27-35-68(4)36-28-40)60-48-20-12-10-18-46(48)58(64-60)51(39-25-33-67(3)34-26-39)56-44-16-8-6-14-42(44)54(49)62-56;4*1-6-2-4-7(5-3-6)11(8,9)10;1-2(3)4;/h5-36H,1-4H3;4*2-5H,1H3,(H,8,9,10);1H3,(H,3,4);/q+2;;;;;;+3/p-5. The van der Waals surface area contributed by atoms with E-state index in [0.717, 1.165) is 161 Å². The summed E-state index contributed by atoms with van der Waals surface area (Å²) in [7, 11) is -8.87. The van der Waals surface area contributed by atoms with Gasteiger partial charge in [0.1, 0.15) is 61.6 Å². The normalized spacial score (nSPS) is 12.0. The number of carboxylic acid groups (broad SMARTS) is 1. The van der Waals surface area contributed by atoms with Crippen LogP contribution in [0.3, 0.4) is 0 Å². The van der Waals surface area contributed by atoms with Gasteiger partial charge in [-0.15, -0.1) is 11.0 Å². The fourth-order valence-corrected chi connectivity index (χ4v) is 14.9. The summed E-state index contributed by atoms with van der Waals surface area (Å²) in [5.74, 6) is -1.08. The molecule has 16 aromatic rings. The van der Waals surface area contributed by atoms with E-state index in [2.05, 4.69) is 242 Å². The van der Waals surface area contributed by atoms with Crippen molar-refractivity contribution in [1.29, 1.82) is 0 Å². The van der Waals surface area contributed by atoms with E-state index < -0.39 is 46.4 Å². The number of pyridine rings is 3. The molecule has 8 heterocycles. The van der Waals surface area contributed by atoms with Crippen molar-refractivity contribution in [2.24, 2.45) is 21.1 Å². The van der Waals surface area contributed by atoms with Crippen molar-refractivity contribution >= 4 is 139 Å². The summed E-state index contributed by atoms with van der Waals surface area (Å²) in [6, 6.07) is 70.8. The second-order valence-electron chi connectivity index (χ2n) is 27.5. The molecule has 0 saturated heterocycles. The van der Waals surface area contributed by atoms with Crippen molar-refractivity contribution in [3.63, 3.8) is 0 Å². The van der Waals surface area contributed by atoms with Crippen molar-refractivity contribution in [2.75, 3.05) is 7.05 Å². The van der Waals surface area contributed by atoms with Gasteiger partial charge in [0.15, 0.2) is 37.2 Å². The van der Waals surface area contributed by atoms with E-state index in [4.69, 9.17) is 29.8 Å². The molecule has 0 amide bonds. The third-order valence-electron chi connectivity index (χ3n) is 18.8. The van der Waals surface area contributed by atoms with E-state index >= 15 is 0 Å². The predicted octanol–water partition coefficient (Wildman–Crippen LogP) is 12.8. The number of hydrogen-bond acceptors (Lipinski definition) is 18. The number of nitrogens with zero attached hydrogens (tertiary/aromatic N) is 8. The van der Waals surface area contributed by atoms with Crippen LogP contribution in [0.4, 0.5) is 0 Å². The molecule has 591 valence electrons. The van der Waals surface area contributed by atoms with Crippen molar-refractivity contribution in [3.05, 3.63) is 320 Å². The first-order chi connectivity index (χ1) is 55.1. The van der Waals surface area contributed by atoms with E-state index in [-0.39, 0.29) is 36.7 Å². The van der Waals surface area contributed by atoms with Crippen molar-refractivity contribution < 1.29 is 92.6 Å². The molecule has 0 spiro atoms. The van der Waals surface area contributed by atoms with Gasteiger partial charge >= 0.3 is 17.1 Å². The van der Waals surface area contributed by atoms with Crippen molar-refractivity contribution in [1.82, 2.24) is 24.8 Å². The number of carbonyl (C=O) groups is 1. The van der Waals surface area contributed by atoms with E-state index in [1.54, 1.807) is 48.5 Å². The van der Waals surface area contributed by atoms with Gasteiger partial charge in [0.2, 0.25) is 0 Å². The maximum absolute atomic E-state index is 10.4. The maximum Gasteiger partial charge on any atom is 3.00 e. The number of benzene rings is 8. The van der Waals surface area contributed by atoms with E-state index in [9.17, 15) is 51.9 Å². The van der Waals surface area contributed by atoms with E-state index in [1.165, 1.54) is 48.5 Å². The van der Waals surface area contributed by atoms with Gasteiger partial charge in [0, 0.05) is 105 Å². The molecule has 1 radical (unpaired) electrons. The topological polar surface area (TPSA) is 337 Å². The number of carbonyl (C=O) groups excluding carboxylic acids is 1. The van der Waals surface area contributed by atoms with Crippen molar-refractivity contribution in [2.45, 2.75) is 54.2 Å². The van der Waals surface area contributed by atoms with Gasteiger partial charge in [-0.1, -0.05) is 168 Å². The minimum atomic E-state index is -4.27. The van der Waals surface area contributed by atoms with Crippen LogP contribution in [0, 0.1) is 27.7 Å². The van der Waals surface area contributed by atoms with Crippen LogP contribution < -0.4 is 29.0 Å². The van der Waals surface area contributed by atoms with Crippen LogP contribution in [0.25, 0.3) is 126 Å². The Labute approximate surface area is 687 Å². The zero-order chi connectivity index (χ0) is 83.1. The zero-order valence-electron chi connectivity index (χ0n) is 64.5. The van der Waals surface area contributed by atoms with Gasteiger partial charge in [0.05, 0.1) is 52.7 Å². The number of aliphatic carboxylic acids is 1. The summed E-state index contributed by atoms with van der Waals surface area (Å²) >= 11 is 0. The Hall–Kier alpha value is -12.4. The van der Waals surface area contributed by atoms with Crippen molar-refractivity contribution in [3.8, 4) is 33.4 Å². The fraction of sp³-hybridized carbons (Fsp3) is 0.100. The van der Waals surface area contributed by atoms with Crippen LogP contribution >= 0.6 is 0 Å². The molecule has 117 heavy (non-hydrogen) atoms. The molecule has 1 aliphatic heterocycles. The van der Waals surface area contributed by atoms with Crippen LogP contribution in [0.5, 0.6) is 0 Å². The first-order valence-corrected chi connectivity index (χ1v) is 41.6. The molecule has 0 saturated carbocycles. The average molecular weight is 1680 g/mol. The third kappa shape index (κ3) is 19.9. The Morgan fingerprint density at radius 1 is 0.342 bits per heavy atom. The van der Waals surface area contributed by atoms with Crippen LogP contribution in [0.1, 0.15) is 29.2 Å². The summed E-state index contributed by atoms with van der Waals surface area (Å²) in [5, 5.41) is 18.1. The van der Waals surface area contributed by atoms with Gasteiger partial charge in [0.25, 0.3) is 0 Å². The molecular formula is C90H75FeN8O14S4. The van der Waals surface area contributed by atoms with Crippen LogP contribution in [-0.2, 0) is 83.5 Å². The number of hydrogen-bond donors (Lipinski definition) is 0.